The lowest BCUT2D eigenvalue weighted by molar-refractivity contribution is -0.115. The number of nitrogens with one attached hydrogen (secondary N) is 3. The Morgan fingerprint density at radius 1 is 1.36 bits per heavy atom. The predicted octanol–water partition coefficient (Wildman–Crippen LogP) is 3.52. The maximum atomic E-state index is 12.2. The number of aryl methyl sites for hydroxylation is 1. The molecule has 2 aromatic rings. The first-order chi connectivity index (χ1) is 13.2. The van der Waals surface area contributed by atoms with Crippen molar-refractivity contribution in [1.29, 1.82) is 0 Å². The number of aromatic amines is 1. The fourth-order valence-corrected chi connectivity index (χ4v) is 4.05. The Balaban J connectivity index is 1.49. The molecular formula is C19H27N5O3S. The van der Waals surface area contributed by atoms with E-state index in [-0.39, 0.29) is 36.0 Å². The fourth-order valence-electron chi connectivity index (χ4n) is 3.26. The number of aromatic nitrogens is 3. The van der Waals surface area contributed by atoms with Crippen LogP contribution in [0.1, 0.15) is 61.5 Å². The standard InChI is InChI=1S/C19H27N5O3S/c1-11-20-10-14(28-11)8-17(25)21-16-9-15(23-24-16)12-5-6-13(7-12)27-18(26)22-19(2,3)4/h9-10,12-13H,5-8H2,1-4H3,(H,22,26)(H2,21,23,24,25)/t12-,13+/m0/s1. The highest BCUT2D eigenvalue weighted by Gasteiger charge is 2.30. The summed E-state index contributed by atoms with van der Waals surface area (Å²) in [5, 5.41) is 13.8. The van der Waals surface area contributed by atoms with Crippen LogP contribution in [0.5, 0.6) is 0 Å². The molecule has 0 radical (unpaired) electrons. The summed E-state index contributed by atoms with van der Waals surface area (Å²) in [6.45, 7) is 7.67. The van der Waals surface area contributed by atoms with Crippen LogP contribution in [0.2, 0.25) is 0 Å². The average molecular weight is 406 g/mol. The quantitative estimate of drug-likeness (QED) is 0.705. The van der Waals surface area contributed by atoms with E-state index < -0.39 is 0 Å². The van der Waals surface area contributed by atoms with Crippen molar-refractivity contribution in [3.05, 3.63) is 27.8 Å². The molecule has 1 fully saturated rings. The highest BCUT2D eigenvalue weighted by atomic mass is 32.1. The molecule has 2 atom stereocenters. The van der Waals surface area contributed by atoms with Crippen LogP contribution in [0.3, 0.4) is 0 Å². The maximum absolute atomic E-state index is 12.2. The van der Waals surface area contributed by atoms with E-state index in [1.54, 1.807) is 6.20 Å². The first-order valence-corrected chi connectivity index (χ1v) is 10.2. The number of amides is 2. The van der Waals surface area contributed by atoms with E-state index in [2.05, 4.69) is 25.8 Å². The highest BCUT2D eigenvalue weighted by Crippen LogP contribution is 2.35. The molecule has 1 aliphatic carbocycles. The summed E-state index contributed by atoms with van der Waals surface area (Å²) >= 11 is 1.51. The summed E-state index contributed by atoms with van der Waals surface area (Å²) in [5.74, 6) is 0.624. The number of carbonyl (C=O) groups is 2. The van der Waals surface area contributed by atoms with E-state index in [0.717, 1.165) is 34.8 Å². The smallest absolute Gasteiger partial charge is 0.407 e. The first-order valence-electron chi connectivity index (χ1n) is 9.43. The highest BCUT2D eigenvalue weighted by molar-refractivity contribution is 7.11. The monoisotopic (exact) mass is 405 g/mol. The Labute approximate surface area is 168 Å². The number of hydrogen-bond acceptors (Lipinski definition) is 6. The van der Waals surface area contributed by atoms with Gasteiger partial charge in [-0.05, 0) is 47.0 Å². The number of hydrogen-bond donors (Lipinski definition) is 3. The minimum Gasteiger partial charge on any atom is -0.446 e. The summed E-state index contributed by atoms with van der Waals surface area (Å²) in [5.41, 5.74) is 0.634. The lowest BCUT2D eigenvalue weighted by Gasteiger charge is -2.22. The molecule has 2 aromatic heterocycles. The number of alkyl carbamates (subject to hydrolysis) is 1. The second-order valence-electron chi connectivity index (χ2n) is 8.19. The lowest BCUT2D eigenvalue weighted by atomic mass is 10.0. The molecule has 8 nitrogen and oxygen atoms in total. The SMILES string of the molecule is Cc1ncc(CC(=O)Nc2cc([C@H]3CC[C@@H](OC(=O)NC(C)(C)C)C3)[nH]n2)s1. The van der Waals surface area contributed by atoms with Gasteiger partial charge in [-0.25, -0.2) is 9.78 Å². The van der Waals surface area contributed by atoms with Crippen molar-refractivity contribution in [1.82, 2.24) is 20.5 Å². The van der Waals surface area contributed by atoms with Gasteiger partial charge in [-0.2, -0.15) is 5.10 Å². The molecule has 1 saturated carbocycles. The van der Waals surface area contributed by atoms with Crippen molar-refractivity contribution in [3.8, 4) is 0 Å². The van der Waals surface area contributed by atoms with E-state index in [0.29, 0.717) is 5.82 Å². The second kappa shape index (κ2) is 8.30. The summed E-state index contributed by atoms with van der Waals surface area (Å²) in [6.07, 6.45) is 3.99. The Kier molecular flexibility index (Phi) is 6.02. The van der Waals surface area contributed by atoms with Gasteiger partial charge in [0.2, 0.25) is 5.91 Å². The summed E-state index contributed by atoms with van der Waals surface area (Å²) in [4.78, 5) is 29.2. The van der Waals surface area contributed by atoms with Gasteiger partial charge in [0, 0.05) is 34.3 Å². The topological polar surface area (TPSA) is 109 Å². The van der Waals surface area contributed by atoms with Gasteiger partial charge in [-0.3, -0.25) is 9.89 Å². The van der Waals surface area contributed by atoms with E-state index in [4.69, 9.17) is 4.74 Å². The van der Waals surface area contributed by atoms with E-state index in [1.165, 1.54) is 11.3 Å². The van der Waals surface area contributed by atoms with Gasteiger partial charge in [0.1, 0.15) is 6.10 Å². The molecular weight excluding hydrogens is 378 g/mol. The summed E-state index contributed by atoms with van der Waals surface area (Å²) in [6, 6.07) is 1.86. The van der Waals surface area contributed by atoms with Gasteiger partial charge in [0.25, 0.3) is 0 Å². The maximum Gasteiger partial charge on any atom is 0.407 e. The lowest BCUT2D eigenvalue weighted by Crippen LogP contribution is -2.42. The normalized spacial score (nSPS) is 19.4. The van der Waals surface area contributed by atoms with Crippen molar-refractivity contribution < 1.29 is 14.3 Å². The third-order valence-electron chi connectivity index (χ3n) is 4.44. The van der Waals surface area contributed by atoms with Crippen LogP contribution in [0.25, 0.3) is 0 Å². The molecule has 0 aliphatic heterocycles. The van der Waals surface area contributed by atoms with E-state index in [9.17, 15) is 9.59 Å². The zero-order chi connectivity index (χ0) is 20.3. The van der Waals surface area contributed by atoms with Gasteiger partial charge in [-0.1, -0.05) is 0 Å². The zero-order valence-corrected chi connectivity index (χ0v) is 17.5. The Bertz CT molecular complexity index is 839. The van der Waals surface area contributed by atoms with E-state index in [1.807, 2.05) is 33.8 Å². The third kappa shape index (κ3) is 5.79. The number of H-pyrrole nitrogens is 1. The Morgan fingerprint density at radius 3 is 2.82 bits per heavy atom. The molecule has 3 N–H and O–H groups in total. The van der Waals surface area contributed by atoms with Gasteiger partial charge >= 0.3 is 6.09 Å². The van der Waals surface area contributed by atoms with Crippen molar-refractivity contribution in [2.75, 3.05) is 5.32 Å². The van der Waals surface area contributed by atoms with Crippen LogP contribution >= 0.6 is 11.3 Å². The van der Waals surface area contributed by atoms with Crippen molar-refractivity contribution >= 4 is 29.2 Å². The minimum absolute atomic E-state index is 0.108. The van der Waals surface area contributed by atoms with Gasteiger partial charge < -0.3 is 15.4 Å². The number of nitrogens with zero attached hydrogens (tertiary/aromatic N) is 2. The van der Waals surface area contributed by atoms with Crippen LogP contribution in [0.15, 0.2) is 12.3 Å². The minimum atomic E-state index is -0.381. The predicted molar refractivity (Wildman–Crippen MR) is 108 cm³/mol. The van der Waals surface area contributed by atoms with Crippen LogP contribution in [-0.2, 0) is 16.0 Å². The van der Waals surface area contributed by atoms with Crippen LogP contribution < -0.4 is 10.6 Å². The molecule has 0 bridgehead atoms. The Morgan fingerprint density at radius 2 is 2.14 bits per heavy atom. The molecule has 0 aromatic carbocycles. The molecule has 9 heteroatoms. The van der Waals surface area contributed by atoms with Gasteiger partial charge in [-0.15, -0.1) is 11.3 Å². The van der Waals surface area contributed by atoms with Gasteiger partial charge in [0.15, 0.2) is 5.82 Å². The van der Waals surface area contributed by atoms with Crippen molar-refractivity contribution in [3.63, 3.8) is 0 Å². The van der Waals surface area contributed by atoms with E-state index >= 15 is 0 Å². The molecule has 3 rings (SSSR count). The van der Waals surface area contributed by atoms with Crippen molar-refractivity contribution in [2.24, 2.45) is 0 Å². The van der Waals surface area contributed by atoms with Crippen LogP contribution in [0.4, 0.5) is 10.6 Å². The Hall–Kier alpha value is -2.42. The third-order valence-corrected chi connectivity index (χ3v) is 5.36. The number of rotatable bonds is 5. The molecule has 0 spiro atoms. The molecule has 2 amide bonds. The number of ether oxygens (including phenoxy) is 1. The van der Waals surface area contributed by atoms with Gasteiger partial charge in [0.05, 0.1) is 11.4 Å². The largest absolute Gasteiger partial charge is 0.446 e. The van der Waals surface area contributed by atoms with Crippen LogP contribution in [-0.4, -0.2) is 38.8 Å². The molecule has 0 unspecified atom stereocenters. The first kappa shape index (κ1) is 20.3. The van der Waals surface area contributed by atoms with Crippen molar-refractivity contribution in [2.45, 2.75) is 70.9 Å². The summed E-state index contributed by atoms with van der Waals surface area (Å²) in [7, 11) is 0. The summed E-state index contributed by atoms with van der Waals surface area (Å²) < 4.78 is 5.52. The number of thiazole rings is 1. The average Bonchev–Trinajstić information content (AvgIpc) is 3.27. The molecule has 0 saturated heterocycles. The number of anilines is 1. The molecule has 2 heterocycles. The molecule has 1 aliphatic rings. The zero-order valence-electron chi connectivity index (χ0n) is 16.7. The molecule has 152 valence electrons. The van der Waals surface area contributed by atoms with Crippen LogP contribution in [0, 0.1) is 6.92 Å². The molecule has 28 heavy (non-hydrogen) atoms. The number of carbonyl (C=O) groups excluding carboxylic acids is 2. The fraction of sp³-hybridized carbons (Fsp3) is 0.579. The second-order valence-corrected chi connectivity index (χ2v) is 9.51.